The van der Waals surface area contributed by atoms with E-state index in [0.29, 0.717) is 17.1 Å². The summed E-state index contributed by atoms with van der Waals surface area (Å²) in [6, 6.07) is 13.0. The molecule has 2 aromatic rings. The lowest BCUT2D eigenvalue weighted by Gasteiger charge is -2.12. The van der Waals surface area contributed by atoms with Crippen molar-refractivity contribution in [1.82, 2.24) is 4.57 Å². The van der Waals surface area contributed by atoms with Gasteiger partial charge in [-0.15, -0.1) is 0 Å². The second-order valence-electron chi connectivity index (χ2n) is 4.14. The Morgan fingerprint density at radius 3 is 2.47 bits per heavy atom. The molecule has 0 amide bonds. The van der Waals surface area contributed by atoms with Gasteiger partial charge in [0, 0.05) is 17.1 Å². The molecule has 0 unspecified atom stereocenters. The third-order valence-electron chi connectivity index (χ3n) is 2.98. The minimum atomic E-state index is -0.100. The average molecular weight is 273 g/mol. The quantitative estimate of drug-likeness (QED) is 0.861. The molecule has 0 aliphatic carbocycles. The number of nitriles is 1. The van der Waals surface area contributed by atoms with Gasteiger partial charge in [0.1, 0.15) is 0 Å². The zero-order valence-electron chi connectivity index (χ0n) is 10.6. The molecule has 0 N–H and O–H groups in total. The Morgan fingerprint density at radius 2 is 1.89 bits per heavy atom. The van der Waals surface area contributed by atoms with Gasteiger partial charge in [0.05, 0.1) is 18.2 Å². The SMILES string of the molecule is CCn1c(-c2ccc(Cl)cc2)ccc(CC#N)c1=O. The van der Waals surface area contributed by atoms with Crippen LogP contribution in [-0.2, 0) is 13.0 Å². The lowest BCUT2D eigenvalue weighted by molar-refractivity contribution is 0.727. The van der Waals surface area contributed by atoms with E-state index in [4.69, 9.17) is 16.9 Å². The fourth-order valence-electron chi connectivity index (χ4n) is 2.03. The molecular weight excluding hydrogens is 260 g/mol. The third kappa shape index (κ3) is 2.69. The summed E-state index contributed by atoms with van der Waals surface area (Å²) in [4.78, 5) is 12.2. The van der Waals surface area contributed by atoms with Crippen LogP contribution in [0, 0.1) is 11.3 Å². The van der Waals surface area contributed by atoms with Gasteiger partial charge in [-0.2, -0.15) is 5.26 Å². The summed E-state index contributed by atoms with van der Waals surface area (Å²) >= 11 is 5.87. The highest BCUT2D eigenvalue weighted by Gasteiger charge is 2.09. The van der Waals surface area contributed by atoms with Crippen molar-refractivity contribution < 1.29 is 0 Å². The minimum Gasteiger partial charge on any atom is -0.308 e. The first-order valence-corrected chi connectivity index (χ1v) is 6.40. The Hall–Kier alpha value is -2.05. The molecule has 2 rings (SSSR count). The van der Waals surface area contributed by atoms with Gasteiger partial charge >= 0.3 is 0 Å². The fraction of sp³-hybridized carbons (Fsp3) is 0.200. The van der Waals surface area contributed by atoms with Gasteiger partial charge < -0.3 is 4.57 Å². The smallest absolute Gasteiger partial charge is 0.255 e. The Morgan fingerprint density at radius 1 is 1.21 bits per heavy atom. The van der Waals surface area contributed by atoms with E-state index in [1.165, 1.54) is 0 Å². The van der Waals surface area contributed by atoms with Crippen LogP contribution in [0.3, 0.4) is 0 Å². The molecule has 0 saturated carbocycles. The zero-order chi connectivity index (χ0) is 13.8. The highest BCUT2D eigenvalue weighted by Crippen LogP contribution is 2.20. The first-order valence-electron chi connectivity index (χ1n) is 6.03. The normalized spacial score (nSPS) is 10.2. The molecule has 0 spiro atoms. The average Bonchev–Trinajstić information content (AvgIpc) is 2.42. The van der Waals surface area contributed by atoms with Crippen LogP contribution in [0.2, 0.25) is 5.02 Å². The number of hydrogen-bond donors (Lipinski definition) is 0. The minimum absolute atomic E-state index is 0.100. The maximum atomic E-state index is 12.2. The van der Waals surface area contributed by atoms with E-state index in [1.807, 2.05) is 31.2 Å². The highest BCUT2D eigenvalue weighted by molar-refractivity contribution is 6.30. The maximum absolute atomic E-state index is 12.2. The number of benzene rings is 1. The summed E-state index contributed by atoms with van der Waals surface area (Å²) < 4.78 is 1.68. The van der Waals surface area contributed by atoms with E-state index in [2.05, 4.69) is 0 Å². The predicted octanol–water partition coefficient (Wildman–Crippen LogP) is 3.25. The predicted molar refractivity (Wildman–Crippen MR) is 76.1 cm³/mol. The van der Waals surface area contributed by atoms with E-state index in [-0.39, 0.29) is 12.0 Å². The summed E-state index contributed by atoms with van der Waals surface area (Å²) in [5, 5.41) is 9.37. The number of pyridine rings is 1. The van der Waals surface area contributed by atoms with Gasteiger partial charge in [-0.1, -0.05) is 29.8 Å². The molecular formula is C15H13ClN2O. The summed E-state index contributed by atoms with van der Waals surface area (Å²) in [6.45, 7) is 2.48. The van der Waals surface area contributed by atoms with E-state index >= 15 is 0 Å². The second kappa shape index (κ2) is 5.73. The highest BCUT2D eigenvalue weighted by atomic mass is 35.5. The topological polar surface area (TPSA) is 45.8 Å². The van der Waals surface area contributed by atoms with Crippen molar-refractivity contribution in [2.75, 3.05) is 0 Å². The van der Waals surface area contributed by atoms with Gasteiger partial charge in [-0.3, -0.25) is 4.79 Å². The molecule has 1 aromatic heterocycles. The van der Waals surface area contributed by atoms with Gasteiger partial charge in [0.15, 0.2) is 0 Å². The van der Waals surface area contributed by atoms with Gasteiger partial charge in [-0.05, 0) is 30.7 Å². The van der Waals surface area contributed by atoms with Gasteiger partial charge in [0.2, 0.25) is 0 Å². The largest absolute Gasteiger partial charge is 0.308 e. The molecule has 0 fully saturated rings. The standard InChI is InChI=1S/C15H13ClN2O/c1-2-18-14(11-3-6-13(16)7-4-11)8-5-12(9-10-17)15(18)19/h3-8H,2,9H2,1H3. The van der Waals surface area contributed by atoms with Crippen molar-refractivity contribution in [3.63, 3.8) is 0 Å². The van der Waals surface area contributed by atoms with Crippen molar-refractivity contribution >= 4 is 11.6 Å². The molecule has 3 nitrogen and oxygen atoms in total. The van der Waals surface area contributed by atoms with Crippen molar-refractivity contribution in [3.8, 4) is 17.3 Å². The molecule has 1 aromatic carbocycles. The Kier molecular flexibility index (Phi) is 4.03. The van der Waals surface area contributed by atoms with Crippen molar-refractivity contribution in [3.05, 3.63) is 57.3 Å². The molecule has 1 heterocycles. The van der Waals surface area contributed by atoms with E-state index in [0.717, 1.165) is 11.3 Å². The van der Waals surface area contributed by atoms with Gasteiger partial charge in [0.25, 0.3) is 5.56 Å². The number of aromatic nitrogens is 1. The molecule has 0 atom stereocenters. The monoisotopic (exact) mass is 272 g/mol. The lowest BCUT2D eigenvalue weighted by Crippen LogP contribution is -2.24. The van der Waals surface area contributed by atoms with E-state index < -0.39 is 0 Å². The summed E-state index contributed by atoms with van der Waals surface area (Å²) in [6.07, 6.45) is 0.139. The first kappa shape index (κ1) is 13.4. The van der Waals surface area contributed by atoms with Crippen LogP contribution >= 0.6 is 11.6 Å². The second-order valence-corrected chi connectivity index (χ2v) is 4.57. The zero-order valence-corrected chi connectivity index (χ0v) is 11.3. The van der Waals surface area contributed by atoms with E-state index in [1.54, 1.807) is 22.8 Å². The van der Waals surface area contributed by atoms with Crippen LogP contribution in [0.15, 0.2) is 41.2 Å². The molecule has 0 saturated heterocycles. The van der Waals surface area contributed by atoms with Crippen molar-refractivity contribution in [2.45, 2.75) is 19.9 Å². The van der Waals surface area contributed by atoms with Crippen LogP contribution in [0.25, 0.3) is 11.3 Å². The van der Waals surface area contributed by atoms with Crippen LogP contribution in [-0.4, -0.2) is 4.57 Å². The van der Waals surface area contributed by atoms with Crippen LogP contribution < -0.4 is 5.56 Å². The first-order chi connectivity index (χ1) is 9.17. The molecule has 0 aliphatic rings. The molecule has 0 aliphatic heterocycles. The Labute approximate surface area is 116 Å². The van der Waals surface area contributed by atoms with Gasteiger partial charge in [-0.25, -0.2) is 0 Å². The molecule has 0 radical (unpaired) electrons. The molecule has 0 bridgehead atoms. The summed E-state index contributed by atoms with van der Waals surface area (Å²) in [5.74, 6) is 0. The Balaban J connectivity index is 2.59. The lowest BCUT2D eigenvalue weighted by atomic mass is 10.1. The van der Waals surface area contributed by atoms with Crippen molar-refractivity contribution in [1.29, 1.82) is 5.26 Å². The molecule has 19 heavy (non-hydrogen) atoms. The number of rotatable bonds is 3. The van der Waals surface area contributed by atoms with Crippen LogP contribution in [0.1, 0.15) is 12.5 Å². The van der Waals surface area contributed by atoms with Crippen LogP contribution in [0.4, 0.5) is 0 Å². The van der Waals surface area contributed by atoms with Crippen molar-refractivity contribution in [2.24, 2.45) is 0 Å². The Bertz CT molecular complexity index is 681. The third-order valence-corrected chi connectivity index (χ3v) is 3.23. The molecule has 96 valence electrons. The number of nitrogens with zero attached hydrogens (tertiary/aromatic N) is 2. The van der Waals surface area contributed by atoms with E-state index in [9.17, 15) is 4.79 Å². The maximum Gasteiger partial charge on any atom is 0.255 e. The summed E-state index contributed by atoms with van der Waals surface area (Å²) in [7, 11) is 0. The number of hydrogen-bond acceptors (Lipinski definition) is 2. The molecule has 4 heteroatoms. The number of halogens is 1. The fourth-order valence-corrected chi connectivity index (χ4v) is 2.16. The summed E-state index contributed by atoms with van der Waals surface area (Å²) in [5.41, 5.74) is 2.20. The van der Waals surface area contributed by atoms with Crippen LogP contribution in [0.5, 0.6) is 0 Å².